The van der Waals surface area contributed by atoms with Crippen molar-refractivity contribution in [2.24, 2.45) is 0 Å². The van der Waals surface area contributed by atoms with E-state index in [1.807, 2.05) is 36.4 Å². The number of amides is 1. The average molecular weight is 444 g/mol. The number of nitrogens with zero attached hydrogens (tertiary/aromatic N) is 2. The molecule has 170 valence electrons. The van der Waals surface area contributed by atoms with E-state index in [0.29, 0.717) is 37.4 Å². The fourth-order valence-electron chi connectivity index (χ4n) is 3.78. The highest BCUT2D eigenvalue weighted by molar-refractivity contribution is 5.94. The molecule has 0 aliphatic carbocycles. The largest absolute Gasteiger partial charge is 0.497 e. The number of methoxy groups -OCH3 is 1. The molecule has 6 nitrogen and oxygen atoms in total. The predicted molar refractivity (Wildman–Crippen MR) is 130 cm³/mol. The molecule has 0 saturated heterocycles. The second-order valence-electron chi connectivity index (χ2n) is 8.00. The first-order valence-corrected chi connectivity index (χ1v) is 11.1. The van der Waals surface area contributed by atoms with Crippen LogP contribution in [0.4, 0.5) is 0 Å². The van der Waals surface area contributed by atoms with Gasteiger partial charge in [0, 0.05) is 18.5 Å². The molecule has 1 aromatic heterocycles. The van der Waals surface area contributed by atoms with Gasteiger partial charge in [-0.15, -0.1) is 0 Å². The molecular formula is C27H29N3O3. The topological polar surface area (TPSA) is 65.4 Å². The van der Waals surface area contributed by atoms with Crippen molar-refractivity contribution in [3.63, 3.8) is 0 Å². The zero-order valence-corrected chi connectivity index (χ0v) is 19.3. The normalized spacial score (nSPS) is 10.9. The Hall–Kier alpha value is -3.80. The summed E-state index contributed by atoms with van der Waals surface area (Å²) < 4.78 is 13.4. The first-order chi connectivity index (χ1) is 16.0. The van der Waals surface area contributed by atoms with E-state index in [1.165, 1.54) is 11.1 Å². The van der Waals surface area contributed by atoms with Crippen molar-refractivity contribution < 1.29 is 14.3 Å². The number of carbonyl (C=O) groups excluding carboxylic acids is 1. The predicted octanol–water partition coefficient (Wildman–Crippen LogP) is 4.71. The first kappa shape index (κ1) is 22.4. The number of para-hydroxylation sites is 2. The third kappa shape index (κ3) is 5.34. The van der Waals surface area contributed by atoms with Crippen molar-refractivity contribution in [1.82, 2.24) is 14.9 Å². The van der Waals surface area contributed by atoms with Crippen LogP contribution in [0.5, 0.6) is 11.5 Å². The molecule has 0 saturated carbocycles. The van der Waals surface area contributed by atoms with E-state index in [2.05, 4.69) is 41.9 Å². The summed E-state index contributed by atoms with van der Waals surface area (Å²) in [5, 5.41) is 2.98. The van der Waals surface area contributed by atoms with Crippen LogP contribution in [0.1, 0.15) is 27.3 Å². The molecule has 0 spiro atoms. The maximum absolute atomic E-state index is 12.5. The summed E-state index contributed by atoms with van der Waals surface area (Å²) in [6, 6.07) is 21.4. The average Bonchev–Trinajstić information content (AvgIpc) is 3.18. The SMILES string of the molecule is COc1cccc(C(=O)NCCc2nc3ccccc3n2CCOc2ccc(C)c(C)c2)c1. The summed E-state index contributed by atoms with van der Waals surface area (Å²) in [7, 11) is 1.59. The number of hydrogen-bond acceptors (Lipinski definition) is 4. The lowest BCUT2D eigenvalue weighted by atomic mass is 10.1. The molecule has 1 N–H and O–H groups in total. The van der Waals surface area contributed by atoms with Crippen LogP contribution in [-0.2, 0) is 13.0 Å². The number of imidazole rings is 1. The fourth-order valence-corrected chi connectivity index (χ4v) is 3.78. The third-order valence-electron chi connectivity index (χ3n) is 5.76. The number of benzene rings is 3. The Labute approximate surface area is 194 Å². The van der Waals surface area contributed by atoms with Crippen LogP contribution in [0, 0.1) is 13.8 Å². The summed E-state index contributed by atoms with van der Waals surface area (Å²) in [6.45, 7) is 5.87. The summed E-state index contributed by atoms with van der Waals surface area (Å²) in [4.78, 5) is 17.3. The van der Waals surface area contributed by atoms with Crippen molar-refractivity contribution in [3.8, 4) is 11.5 Å². The molecule has 0 bridgehead atoms. The fraction of sp³-hybridized carbons (Fsp3) is 0.259. The Kier molecular flexibility index (Phi) is 6.93. The molecule has 0 aliphatic heterocycles. The van der Waals surface area contributed by atoms with Gasteiger partial charge in [-0.2, -0.15) is 0 Å². The summed E-state index contributed by atoms with van der Waals surface area (Å²) in [6.07, 6.45) is 0.619. The van der Waals surface area contributed by atoms with Gasteiger partial charge >= 0.3 is 0 Å². The molecule has 0 atom stereocenters. The molecule has 0 unspecified atom stereocenters. The summed E-state index contributed by atoms with van der Waals surface area (Å²) in [5.74, 6) is 2.32. The maximum atomic E-state index is 12.5. The Morgan fingerprint density at radius 1 is 0.970 bits per heavy atom. The molecule has 6 heteroatoms. The Morgan fingerprint density at radius 3 is 2.64 bits per heavy atom. The van der Waals surface area contributed by atoms with Gasteiger partial charge in [-0.05, 0) is 67.4 Å². The number of hydrogen-bond donors (Lipinski definition) is 1. The molecule has 33 heavy (non-hydrogen) atoms. The van der Waals surface area contributed by atoms with E-state index in [-0.39, 0.29) is 5.91 Å². The van der Waals surface area contributed by atoms with Crippen molar-refractivity contribution in [2.75, 3.05) is 20.3 Å². The Balaban J connectivity index is 1.42. The van der Waals surface area contributed by atoms with Gasteiger partial charge in [-0.25, -0.2) is 4.98 Å². The van der Waals surface area contributed by atoms with Gasteiger partial charge in [0.2, 0.25) is 0 Å². The maximum Gasteiger partial charge on any atom is 0.251 e. The third-order valence-corrected chi connectivity index (χ3v) is 5.76. The van der Waals surface area contributed by atoms with E-state index in [1.54, 1.807) is 19.2 Å². The van der Waals surface area contributed by atoms with Crippen molar-refractivity contribution in [3.05, 3.63) is 89.2 Å². The van der Waals surface area contributed by atoms with E-state index < -0.39 is 0 Å². The van der Waals surface area contributed by atoms with Gasteiger partial charge in [-0.1, -0.05) is 24.3 Å². The minimum absolute atomic E-state index is 0.130. The number of aromatic nitrogens is 2. The van der Waals surface area contributed by atoms with Gasteiger partial charge in [-0.3, -0.25) is 4.79 Å². The first-order valence-electron chi connectivity index (χ1n) is 11.1. The molecule has 1 heterocycles. The quantitative estimate of drug-likeness (QED) is 0.407. The number of nitrogens with one attached hydrogen (secondary N) is 1. The van der Waals surface area contributed by atoms with Gasteiger partial charge in [0.1, 0.15) is 23.9 Å². The minimum atomic E-state index is -0.130. The lowest BCUT2D eigenvalue weighted by molar-refractivity contribution is 0.0953. The molecule has 0 aliphatic rings. The second kappa shape index (κ2) is 10.2. The second-order valence-corrected chi connectivity index (χ2v) is 8.00. The molecule has 0 radical (unpaired) electrons. The van der Waals surface area contributed by atoms with Crippen LogP contribution in [0.2, 0.25) is 0 Å². The highest BCUT2D eigenvalue weighted by Crippen LogP contribution is 2.19. The summed E-state index contributed by atoms with van der Waals surface area (Å²) >= 11 is 0. The molecule has 4 rings (SSSR count). The Bertz CT molecular complexity index is 1260. The standard InChI is InChI=1S/C27H29N3O3/c1-19-11-12-23(17-20(19)2)33-16-15-30-25-10-5-4-9-24(25)29-26(30)13-14-28-27(31)21-7-6-8-22(18-21)32-3/h4-12,17-18H,13-16H2,1-3H3,(H,28,31). The van der Waals surface area contributed by atoms with Gasteiger partial charge in [0.15, 0.2) is 0 Å². The smallest absolute Gasteiger partial charge is 0.251 e. The summed E-state index contributed by atoms with van der Waals surface area (Å²) in [5.41, 5.74) is 5.05. The van der Waals surface area contributed by atoms with Crippen LogP contribution in [0.15, 0.2) is 66.7 Å². The van der Waals surface area contributed by atoms with Gasteiger partial charge < -0.3 is 19.4 Å². The zero-order chi connectivity index (χ0) is 23.2. The van der Waals surface area contributed by atoms with Crippen molar-refractivity contribution in [1.29, 1.82) is 0 Å². The van der Waals surface area contributed by atoms with Crippen molar-refractivity contribution >= 4 is 16.9 Å². The van der Waals surface area contributed by atoms with Crippen LogP contribution in [0.3, 0.4) is 0 Å². The molecular weight excluding hydrogens is 414 g/mol. The van der Waals surface area contributed by atoms with Crippen LogP contribution >= 0.6 is 0 Å². The number of aryl methyl sites for hydroxylation is 2. The highest BCUT2D eigenvalue weighted by Gasteiger charge is 2.12. The van der Waals surface area contributed by atoms with Crippen LogP contribution in [0.25, 0.3) is 11.0 Å². The van der Waals surface area contributed by atoms with E-state index in [0.717, 1.165) is 22.6 Å². The monoisotopic (exact) mass is 443 g/mol. The molecule has 1 amide bonds. The molecule has 3 aromatic carbocycles. The van der Waals surface area contributed by atoms with Gasteiger partial charge in [0.05, 0.1) is 24.7 Å². The zero-order valence-electron chi connectivity index (χ0n) is 19.3. The van der Waals surface area contributed by atoms with Crippen LogP contribution < -0.4 is 14.8 Å². The minimum Gasteiger partial charge on any atom is -0.497 e. The Morgan fingerprint density at radius 2 is 1.82 bits per heavy atom. The number of fused-ring (bicyclic) bond motifs is 1. The van der Waals surface area contributed by atoms with E-state index >= 15 is 0 Å². The van der Waals surface area contributed by atoms with E-state index in [4.69, 9.17) is 14.5 Å². The van der Waals surface area contributed by atoms with Gasteiger partial charge in [0.25, 0.3) is 5.91 Å². The molecule has 4 aromatic rings. The van der Waals surface area contributed by atoms with Crippen molar-refractivity contribution in [2.45, 2.75) is 26.8 Å². The highest BCUT2D eigenvalue weighted by atomic mass is 16.5. The van der Waals surface area contributed by atoms with E-state index in [9.17, 15) is 4.79 Å². The number of carbonyl (C=O) groups is 1. The molecule has 0 fully saturated rings. The lowest BCUT2D eigenvalue weighted by Gasteiger charge is -2.12. The number of ether oxygens (including phenoxy) is 2. The number of rotatable bonds is 9. The lowest BCUT2D eigenvalue weighted by Crippen LogP contribution is -2.26. The van der Waals surface area contributed by atoms with Crippen LogP contribution in [-0.4, -0.2) is 35.7 Å².